The first-order chi connectivity index (χ1) is 8.45. The molecule has 0 aliphatic rings. The van der Waals surface area contributed by atoms with Crippen LogP contribution in [-0.2, 0) is 10.0 Å². The van der Waals surface area contributed by atoms with Crippen molar-refractivity contribution >= 4 is 53.5 Å². The van der Waals surface area contributed by atoms with Crippen molar-refractivity contribution in [3.05, 3.63) is 35.9 Å². The number of hydrogen-bond acceptors (Lipinski definition) is 2. The summed E-state index contributed by atoms with van der Waals surface area (Å²) < 4.78 is 59.3. The highest BCUT2D eigenvalue weighted by atomic mass is 79.9. The van der Waals surface area contributed by atoms with Gasteiger partial charge in [-0.1, -0.05) is 73.8 Å². The second kappa shape index (κ2) is 5.88. The minimum absolute atomic E-state index is 0.263. The van der Waals surface area contributed by atoms with Crippen molar-refractivity contribution in [2.75, 3.05) is 0 Å². The summed E-state index contributed by atoms with van der Waals surface area (Å²) in [7, 11) is -5.52. The third-order valence-electron chi connectivity index (χ3n) is 2.04. The third kappa shape index (κ3) is 4.59. The number of alkyl halides is 6. The number of sulfonamides is 1. The fourth-order valence-electron chi connectivity index (χ4n) is 1.19. The molecule has 1 aromatic rings. The summed E-state index contributed by atoms with van der Waals surface area (Å²) in [6, 6.07) is 6.27. The van der Waals surface area contributed by atoms with Crippen molar-refractivity contribution in [2.45, 2.75) is 14.2 Å². The maximum atomic E-state index is 12.4. The van der Waals surface area contributed by atoms with Gasteiger partial charge in [0.25, 0.3) is 0 Å². The zero-order valence-corrected chi connectivity index (χ0v) is 13.7. The summed E-state index contributed by atoms with van der Waals surface area (Å²) in [5.41, 5.74) is -5.15. The van der Waals surface area contributed by atoms with Gasteiger partial charge >= 0.3 is 15.5 Å². The standard InChI is InChI=1S/C9H7Br2ClF3NO2S/c10-8(11,12)7(6-4-2-1-3-5-6)16-19(17,18)9(13,14)15/h1-5,7,16H. The molecule has 1 atom stereocenters. The lowest BCUT2D eigenvalue weighted by atomic mass is 10.1. The van der Waals surface area contributed by atoms with Gasteiger partial charge < -0.3 is 0 Å². The van der Waals surface area contributed by atoms with E-state index in [2.05, 4.69) is 31.9 Å². The van der Waals surface area contributed by atoms with Crippen molar-refractivity contribution in [3.63, 3.8) is 0 Å². The summed E-state index contributed by atoms with van der Waals surface area (Å²) in [5, 5.41) is 0. The van der Waals surface area contributed by atoms with Crippen LogP contribution in [0.15, 0.2) is 30.3 Å². The van der Waals surface area contributed by atoms with Gasteiger partial charge in [-0.3, -0.25) is 0 Å². The molecule has 3 nitrogen and oxygen atoms in total. The van der Waals surface area contributed by atoms with E-state index >= 15 is 0 Å². The van der Waals surface area contributed by atoms with Gasteiger partial charge in [-0.25, -0.2) is 8.42 Å². The summed E-state index contributed by atoms with van der Waals surface area (Å²) >= 11 is 11.6. The predicted octanol–water partition coefficient (Wildman–Crippen LogP) is 3.85. The molecule has 0 fully saturated rings. The summed E-state index contributed by atoms with van der Waals surface area (Å²) in [5.74, 6) is 0. The van der Waals surface area contributed by atoms with Gasteiger partial charge in [0.2, 0.25) is 0 Å². The molecule has 0 saturated heterocycles. The molecule has 0 aromatic heterocycles. The van der Waals surface area contributed by atoms with E-state index in [0.717, 1.165) is 0 Å². The van der Waals surface area contributed by atoms with E-state index in [9.17, 15) is 21.6 Å². The van der Waals surface area contributed by atoms with E-state index in [1.54, 1.807) is 18.2 Å². The first kappa shape index (κ1) is 17.2. The number of nitrogens with one attached hydrogen (secondary N) is 1. The average molecular weight is 445 g/mol. The first-order valence-electron chi connectivity index (χ1n) is 4.65. The van der Waals surface area contributed by atoms with Crippen LogP contribution in [0, 0.1) is 0 Å². The van der Waals surface area contributed by atoms with Crippen LogP contribution in [-0.4, -0.2) is 16.6 Å². The van der Waals surface area contributed by atoms with Gasteiger partial charge in [-0.05, 0) is 5.56 Å². The molecule has 0 aliphatic carbocycles. The Kier molecular flexibility index (Phi) is 5.33. The lowest BCUT2D eigenvalue weighted by Crippen LogP contribution is -2.42. The second-order valence-corrected chi connectivity index (χ2v) is 10.2. The highest BCUT2D eigenvalue weighted by molar-refractivity contribution is 9.26. The minimum atomic E-state index is -5.52. The molecule has 0 amide bonds. The normalized spacial score (nSPS) is 15.3. The smallest absolute Gasteiger partial charge is 0.203 e. The zero-order chi connectivity index (χ0) is 14.9. The van der Waals surface area contributed by atoms with E-state index in [1.807, 2.05) is 0 Å². The SMILES string of the molecule is O=S(=O)(NC(c1ccccc1)C(Cl)(Br)Br)C(F)(F)F. The van der Waals surface area contributed by atoms with E-state index < -0.39 is 24.3 Å². The molecule has 1 N–H and O–H groups in total. The van der Waals surface area contributed by atoms with Crippen LogP contribution < -0.4 is 4.72 Å². The number of rotatable bonds is 4. The maximum Gasteiger partial charge on any atom is 0.511 e. The van der Waals surface area contributed by atoms with Crippen molar-refractivity contribution in [3.8, 4) is 0 Å². The lowest BCUT2D eigenvalue weighted by Gasteiger charge is -2.26. The molecule has 0 radical (unpaired) electrons. The van der Waals surface area contributed by atoms with Gasteiger partial charge in [0, 0.05) is 0 Å². The Morgan fingerprint density at radius 1 is 1.16 bits per heavy atom. The van der Waals surface area contributed by atoms with Crippen LogP contribution in [0.25, 0.3) is 0 Å². The molecular weight excluding hydrogens is 438 g/mol. The van der Waals surface area contributed by atoms with Crippen LogP contribution in [0.3, 0.4) is 0 Å². The molecule has 19 heavy (non-hydrogen) atoms. The molecule has 0 aliphatic heterocycles. The highest BCUT2D eigenvalue weighted by Gasteiger charge is 2.49. The highest BCUT2D eigenvalue weighted by Crippen LogP contribution is 2.44. The molecule has 108 valence electrons. The van der Waals surface area contributed by atoms with Crippen LogP contribution >= 0.6 is 43.5 Å². The molecule has 0 bridgehead atoms. The van der Waals surface area contributed by atoms with Gasteiger partial charge in [-0.15, -0.1) is 0 Å². The topological polar surface area (TPSA) is 46.2 Å². The second-order valence-electron chi connectivity index (χ2n) is 3.45. The van der Waals surface area contributed by atoms with Crippen molar-refractivity contribution in [2.24, 2.45) is 0 Å². The van der Waals surface area contributed by atoms with Crippen molar-refractivity contribution in [1.29, 1.82) is 0 Å². The number of halogens is 6. The molecule has 0 saturated carbocycles. The monoisotopic (exact) mass is 443 g/mol. The van der Waals surface area contributed by atoms with Crippen molar-refractivity contribution in [1.82, 2.24) is 4.72 Å². The number of hydrogen-bond donors (Lipinski definition) is 1. The van der Waals surface area contributed by atoms with E-state index in [0.29, 0.717) is 0 Å². The molecule has 0 heterocycles. The van der Waals surface area contributed by atoms with Gasteiger partial charge in [-0.2, -0.15) is 17.9 Å². The van der Waals surface area contributed by atoms with Crippen LogP contribution in [0.5, 0.6) is 0 Å². The quantitative estimate of drug-likeness (QED) is 0.716. The molecule has 0 spiro atoms. The zero-order valence-electron chi connectivity index (χ0n) is 8.96. The Balaban J connectivity index is 3.17. The first-order valence-corrected chi connectivity index (χ1v) is 8.10. The van der Waals surface area contributed by atoms with Gasteiger partial charge in [0.15, 0.2) is 2.69 Å². The average Bonchev–Trinajstić information content (AvgIpc) is 2.24. The van der Waals surface area contributed by atoms with E-state index in [4.69, 9.17) is 11.6 Å². The molecular formula is C9H7Br2ClF3NO2S. The molecule has 1 aromatic carbocycles. The fourth-order valence-corrected chi connectivity index (χ4v) is 3.25. The summed E-state index contributed by atoms with van der Waals surface area (Å²) in [6.07, 6.45) is 0. The van der Waals surface area contributed by atoms with Crippen LogP contribution in [0.1, 0.15) is 11.6 Å². The van der Waals surface area contributed by atoms with Crippen LogP contribution in [0.4, 0.5) is 13.2 Å². The Morgan fingerprint density at radius 2 is 1.63 bits per heavy atom. The number of benzene rings is 1. The van der Waals surface area contributed by atoms with Crippen molar-refractivity contribution < 1.29 is 21.6 Å². The lowest BCUT2D eigenvalue weighted by molar-refractivity contribution is -0.0450. The van der Waals surface area contributed by atoms with E-state index in [-0.39, 0.29) is 5.56 Å². The largest absolute Gasteiger partial charge is 0.511 e. The van der Waals surface area contributed by atoms with Gasteiger partial charge in [0.05, 0.1) is 6.04 Å². The molecule has 1 rings (SSSR count). The predicted molar refractivity (Wildman–Crippen MR) is 73.7 cm³/mol. The molecule has 10 heteroatoms. The fraction of sp³-hybridized carbons (Fsp3) is 0.333. The van der Waals surface area contributed by atoms with Crippen LogP contribution in [0.2, 0.25) is 0 Å². The Morgan fingerprint density at radius 3 is 2.00 bits per heavy atom. The maximum absolute atomic E-state index is 12.4. The Hall–Kier alpha value is 0.170. The third-order valence-corrected chi connectivity index (χ3v) is 4.33. The Bertz CT molecular complexity index is 531. The van der Waals surface area contributed by atoms with E-state index in [1.165, 1.54) is 16.9 Å². The molecule has 1 unspecified atom stereocenters. The van der Waals surface area contributed by atoms with Gasteiger partial charge in [0.1, 0.15) is 0 Å². The summed E-state index contributed by atoms with van der Waals surface area (Å²) in [6.45, 7) is 0. The minimum Gasteiger partial charge on any atom is -0.203 e. The summed E-state index contributed by atoms with van der Waals surface area (Å²) in [4.78, 5) is 0. The Labute approximate surface area is 129 Å².